The zero-order valence-corrected chi connectivity index (χ0v) is 21.3. The number of fused-ring (bicyclic) bond motifs is 1. The second-order valence-corrected chi connectivity index (χ2v) is 10.0. The van der Waals surface area contributed by atoms with Crippen molar-refractivity contribution in [1.82, 2.24) is 29.7 Å². The molecule has 2 aliphatic rings. The molecule has 1 saturated heterocycles. The number of aromatic amines is 1. The molecule has 2 atom stereocenters. The maximum absolute atomic E-state index is 13.0. The zero-order valence-electron chi connectivity index (χ0n) is 21.3. The number of rotatable bonds is 6. The summed E-state index contributed by atoms with van der Waals surface area (Å²) < 4.78 is 6.00. The number of aromatic nitrogens is 4. The maximum Gasteiger partial charge on any atom is 0.270 e. The number of aliphatic hydroxyl groups excluding tert-OH is 1. The second-order valence-electron chi connectivity index (χ2n) is 10.0. The second kappa shape index (κ2) is 10.4. The van der Waals surface area contributed by atoms with Crippen LogP contribution >= 0.6 is 0 Å². The van der Waals surface area contributed by atoms with E-state index in [4.69, 9.17) is 4.74 Å². The number of nitrogens with zero attached hydrogens (tertiary/aromatic N) is 5. The minimum absolute atomic E-state index is 0.0287. The van der Waals surface area contributed by atoms with Crippen LogP contribution in [-0.2, 0) is 0 Å². The summed E-state index contributed by atoms with van der Waals surface area (Å²) in [7, 11) is 2.07. The molecular formula is C28H31N7O3. The number of aliphatic hydroxyl groups is 1. The number of amides is 1. The summed E-state index contributed by atoms with van der Waals surface area (Å²) in [6, 6.07) is 13.2. The van der Waals surface area contributed by atoms with Crippen molar-refractivity contribution in [2.45, 2.75) is 31.5 Å². The van der Waals surface area contributed by atoms with Crippen LogP contribution in [0.5, 0.6) is 5.75 Å². The van der Waals surface area contributed by atoms with Crippen LogP contribution in [0, 0.1) is 0 Å². The van der Waals surface area contributed by atoms with Gasteiger partial charge in [-0.15, -0.1) is 0 Å². The van der Waals surface area contributed by atoms with E-state index in [1.54, 1.807) is 24.5 Å². The normalized spacial score (nSPS) is 20.1. The quantitative estimate of drug-likeness (QED) is 0.359. The van der Waals surface area contributed by atoms with Gasteiger partial charge in [0.25, 0.3) is 5.91 Å². The molecular weight excluding hydrogens is 482 g/mol. The highest BCUT2D eigenvalue weighted by atomic mass is 16.5. The highest BCUT2D eigenvalue weighted by Crippen LogP contribution is 2.28. The summed E-state index contributed by atoms with van der Waals surface area (Å²) in [5.41, 5.74) is 3.62. The lowest BCUT2D eigenvalue weighted by Gasteiger charge is -2.32. The van der Waals surface area contributed by atoms with E-state index in [9.17, 15) is 9.90 Å². The predicted octanol–water partition coefficient (Wildman–Crippen LogP) is 3.44. The first-order valence-corrected chi connectivity index (χ1v) is 13.0. The summed E-state index contributed by atoms with van der Waals surface area (Å²) in [5, 5.41) is 14.3. The fourth-order valence-corrected chi connectivity index (χ4v) is 5.04. The number of nitrogens with one attached hydrogen (secondary N) is 2. The predicted molar refractivity (Wildman–Crippen MR) is 145 cm³/mol. The molecule has 1 saturated carbocycles. The molecule has 4 heterocycles. The first kappa shape index (κ1) is 24.3. The number of pyridine rings is 1. The third kappa shape index (κ3) is 5.18. The summed E-state index contributed by atoms with van der Waals surface area (Å²) in [5.74, 6) is 1.13. The number of H-pyrrole nitrogens is 1. The number of carbonyl (C=O) groups is 1. The molecule has 196 valence electrons. The Morgan fingerprint density at radius 3 is 2.68 bits per heavy atom. The van der Waals surface area contributed by atoms with E-state index in [1.807, 2.05) is 35.2 Å². The number of likely N-dealkylation sites (N-methyl/N-ethyl adjacent to an activating group) is 1. The van der Waals surface area contributed by atoms with Gasteiger partial charge in [-0.2, -0.15) is 0 Å². The number of hydrogen-bond acceptors (Lipinski definition) is 8. The molecule has 1 aliphatic heterocycles. The summed E-state index contributed by atoms with van der Waals surface area (Å²) in [4.78, 5) is 33.8. The molecule has 10 nitrogen and oxygen atoms in total. The molecule has 1 amide bonds. The van der Waals surface area contributed by atoms with Crippen molar-refractivity contribution in [3.63, 3.8) is 0 Å². The van der Waals surface area contributed by atoms with Crippen LogP contribution in [0.25, 0.3) is 22.3 Å². The largest absolute Gasteiger partial charge is 0.488 e. The van der Waals surface area contributed by atoms with Gasteiger partial charge in [-0.25, -0.2) is 9.97 Å². The van der Waals surface area contributed by atoms with Crippen molar-refractivity contribution in [2.75, 3.05) is 38.5 Å². The lowest BCUT2D eigenvalue weighted by atomic mass is 10.2. The van der Waals surface area contributed by atoms with Crippen molar-refractivity contribution in [3.05, 3.63) is 60.6 Å². The third-order valence-electron chi connectivity index (χ3n) is 7.25. The Bertz CT molecular complexity index is 1450. The molecule has 1 aromatic carbocycles. The van der Waals surface area contributed by atoms with E-state index < -0.39 is 6.10 Å². The molecule has 10 heteroatoms. The first-order chi connectivity index (χ1) is 18.5. The van der Waals surface area contributed by atoms with Gasteiger partial charge in [0.1, 0.15) is 17.5 Å². The first-order valence-electron chi connectivity index (χ1n) is 13.0. The van der Waals surface area contributed by atoms with Crippen LogP contribution in [0.15, 0.2) is 54.9 Å². The smallest absolute Gasteiger partial charge is 0.270 e. The number of piperazine rings is 1. The van der Waals surface area contributed by atoms with Gasteiger partial charge in [0.05, 0.1) is 17.5 Å². The van der Waals surface area contributed by atoms with Crippen molar-refractivity contribution in [3.8, 4) is 17.1 Å². The van der Waals surface area contributed by atoms with E-state index >= 15 is 0 Å². The Balaban J connectivity index is 1.17. The summed E-state index contributed by atoms with van der Waals surface area (Å²) >= 11 is 0. The molecule has 2 fully saturated rings. The van der Waals surface area contributed by atoms with Crippen molar-refractivity contribution >= 4 is 28.4 Å². The number of hydrogen-bond donors (Lipinski definition) is 3. The number of ether oxygens (including phenoxy) is 1. The lowest BCUT2D eigenvalue weighted by molar-refractivity contribution is 0.0604. The maximum atomic E-state index is 13.0. The molecule has 3 N–H and O–H groups in total. The number of carbonyl (C=O) groups excluding carboxylic acids is 1. The van der Waals surface area contributed by atoms with Crippen LogP contribution in [-0.4, -0.2) is 86.2 Å². The Morgan fingerprint density at radius 2 is 1.87 bits per heavy atom. The van der Waals surface area contributed by atoms with Crippen molar-refractivity contribution in [1.29, 1.82) is 0 Å². The fourth-order valence-electron chi connectivity index (χ4n) is 5.04. The fraction of sp³-hybridized carbons (Fsp3) is 0.357. The molecule has 1 aliphatic carbocycles. The third-order valence-corrected chi connectivity index (χ3v) is 7.25. The van der Waals surface area contributed by atoms with Gasteiger partial charge in [0, 0.05) is 61.2 Å². The van der Waals surface area contributed by atoms with Crippen LogP contribution in [0.2, 0.25) is 0 Å². The Hall–Kier alpha value is -4.02. The molecule has 2 unspecified atom stereocenters. The molecule has 0 radical (unpaired) electrons. The van der Waals surface area contributed by atoms with E-state index in [-0.39, 0.29) is 12.0 Å². The van der Waals surface area contributed by atoms with E-state index in [0.29, 0.717) is 28.8 Å². The van der Waals surface area contributed by atoms with E-state index in [0.717, 1.165) is 62.0 Å². The Kier molecular flexibility index (Phi) is 6.65. The highest BCUT2D eigenvalue weighted by molar-refractivity contribution is 5.98. The van der Waals surface area contributed by atoms with Gasteiger partial charge >= 0.3 is 0 Å². The van der Waals surface area contributed by atoms with Gasteiger partial charge in [0.15, 0.2) is 0 Å². The number of anilines is 2. The Morgan fingerprint density at radius 1 is 1.03 bits per heavy atom. The minimum atomic E-state index is -0.431. The molecule has 3 aromatic heterocycles. The SMILES string of the molecule is CN1CCN(C(=O)c2cc3cc(Nc4nccc(-c5cc(OC6CCCC6O)ccn5)n4)ccc3[nH]2)CC1. The van der Waals surface area contributed by atoms with E-state index in [1.165, 1.54) is 0 Å². The summed E-state index contributed by atoms with van der Waals surface area (Å²) in [6.45, 7) is 3.24. The van der Waals surface area contributed by atoms with Gasteiger partial charge in [-0.05, 0) is 62.7 Å². The van der Waals surface area contributed by atoms with Gasteiger partial charge < -0.3 is 29.9 Å². The van der Waals surface area contributed by atoms with Gasteiger partial charge in [-0.1, -0.05) is 0 Å². The number of benzene rings is 1. The van der Waals surface area contributed by atoms with Crippen molar-refractivity contribution < 1.29 is 14.6 Å². The highest BCUT2D eigenvalue weighted by Gasteiger charge is 2.27. The average molecular weight is 514 g/mol. The zero-order chi connectivity index (χ0) is 26.1. The lowest BCUT2D eigenvalue weighted by Crippen LogP contribution is -2.47. The minimum Gasteiger partial charge on any atom is -0.488 e. The molecule has 4 aromatic rings. The molecule has 6 rings (SSSR count). The monoisotopic (exact) mass is 513 g/mol. The standard InChI is InChI=1S/C28H31N7O3/c1-34-11-13-35(14-12-34)27(37)24-16-18-15-19(5-6-21(18)32-24)31-28-30-10-8-22(33-28)23-17-20(7-9-29-23)38-26-4-2-3-25(26)36/h5-10,15-17,25-26,32,36H,2-4,11-14H2,1H3,(H,30,31,33). The van der Waals surface area contributed by atoms with Crippen LogP contribution in [0.1, 0.15) is 29.8 Å². The molecule has 0 bridgehead atoms. The van der Waals surface area contributed by atoms with Crippen LogP contribution in [0.4, 0.5) is 11.6 Å². The molecule has 0 spiro atoms. The topological polar surface area (TPSA) is 120 Å². The van der Waals surface area contributed by atoms with Crippen molar-refractivity contribution in [2.24, 2.45) is 0 Å². The summed E-state index contributed by atoms with van der Waals surface area (Å²) in [6.07, 6.45) is 5.33. The van der Waals surface area contributed by atoms with Crippen LogP contribution in [0.3, 0.4) is 0 Å². The molecule has 38 heavy (non-hydrogen) atoms. The Labute approximate surface area is 220 Å². The van der Waals surface area contributed by atoms with Crippen LogP contribution < -0.4 is 10.1 Å². The van der Waals surface area contributed by atoms with Gasteiger partial charge in [0.2, 0.25) is 5.95 Å². The van der Waals surface area contributed by atoms with Gasteiger partial charge in [-0.3, -0.25) is 9.78 Å². The van der Waals surface area contributed by atoms with E-state index in [2.05, 4.69) is 37.2 Å². The average Bonchev–Trinajstić information content (AvgIpc) is 3.54.